The fourth-order valence-electron chi connectivity index (χ4n) is 2.81. The number of carboxylic acids is 1. The molecular weight excluding hydrogens is 329 g/mol. The van der Waals surface area contributed by atoms with E-state index in [9.17, 15) is 14.0 Å². The molecule has 1 atom stereocenters. The van der Waals surface area contributed by atoms with E-state index in [0.717, 1.165) is 11.1 Å². The van der Waals surface area contributed by atoms with Crippen molar-refractivity contribution in [3.8, 4) is 0 Å². The fourth-order valence-corrected chi connectivity index (χ4v) is 3.97. The molecule has 1 N–H and O–H groups in total. The summed E-state index contributed by atoms with van der Waals surface area (Å²) >= 11 is 1.48. The Balaban J connectivity index is 2.02. The van der Waals surface area contributed by atoms with Crippen LogP contribution < -0.4 is 4.90 Å². The third-order valence-corrected chi connectivity index (χ3v) is 5.25. The van der Waals surface area contributed by atoms with Gasteiger partial charge in [-0.25, -0.2) is 9.18 Å². The number of aryl methyl sites for hydroxylation is 2. The van der Waals surface area contributed by atoms with Gasteiger partial charge in [0.1, 0.15) is 11.2 Å². The summed E-state index contributed by atoms with van der Waals surface area (Å²) in [5.74, 6) is -0.987. The molecule has 124 valence electrons. The van der Waals surface area contributed by atoms with Gasteiger partial charge in [-0.2, -0.15) is 0 Å². The number of rotatable bonds is 3. The first kappa shape index (κ1) is 16.5. The minimum Gasteiger partial charge on any atom is -0.478 e. The van der Waals surface area contributed by atoms with Crippen LogP contribution in [0.15, 0.2) is 36.4 Å². The first-order valence-electron chi connectivity index (χ1n) is 7.42. The van der Waals surface area contributed by atoms with Gasteiger partial charge in [-0.1, -0.05) is 12.1 Å². The van der Waals surface area contributed by atoms with Crippen LogP contribution in [0.1, 0.15) is 32.4 Å². The SMILES string of the molecule is Cc1cc(C2SCC(=O)N2c2ccc(C(=O)O)cc2C)ccc1F. The summed E-state index contributed by atoms with van der Waals surface area (Å²) in [6, 6.07) is 9.56. The Labute approximate surface area is 143 Å². The van der Waals surface area contributed by atoms with Crippen molar-refractivity contribution in [2.75, 3.05) is 10.7 Å². The minimum absolute atomic E-state index is 0.0434. The van der Waals surface area contributed by atoms with Gasteiger partial charge in [-0.3, -0.25) is 9.69 Å². The van der Waals surface area contributed by atoms with E-state index in [-0.39, 0.29) is 22.7 Å². The van der Waals surface area contributed by atoms with Crippen molar-refractivity contribution in [3.63, 3.8) is 0 Å². The molecule has 1 saturated heterocycles. The molecule has 3 rings (SSSR count). The lowest BCUT2D eigenvalue weighted by molar-refractivity contribution is -0.115. The topological polar surface area (TPSA) is 57.6 Å². The summed E-state index contributed by atoms with van der Waals surface area (Å²) in [7, 11) is 0. The second-order valence-electron chi connectivity index (χ2n) is 5.74. The lowest BCUT2D eigenvalue weighted by Crippen LogP contribution is -2.28. The molecule has 0 radical (unpaired) electrons. The van der Waals surface area contributed by atoms with Crippen molar-refractivity contribution >= 4 is 29.3 Å². The van der Waals surface area contributed by atoms with E-state index in [2.05, 4.69) is 0 Å². The molecule has 1 heterocycles. The molecule has 1 unspecified atom stereocenters. The maximum absolute atomic E-state index is 13.5. The first-order valence-corrected chi connectivity index (χ1v) is 8.47. The predicted octanol–water partition coefficient (Wildman–Crippen LogP) is 3.92. The normalized spacial score (nSPS) is 17.4. The molecule has 0 saturated carbocycles. The number of thioether (sulfide) groups is 1. The molecule has 2 aromatic carbocycles. The fraction of sp³-hybridized carbons (Fsp3) is 0.222. The van der Waals surface area contributed by atoms with Crippen molar-refractivity contribution in [3.05, 3.63) is 64.5 Å². The van der Waals surface area contributed by atoms with Gasteiger partial charge >= 0.3 is 5.97 Å². The van der Waals surface area contributed by atoms with E-state index in [4.69, 9.17) is 5.11 Å². The number of hydrogen-bond donors (Lipinski definition) is 1. The number of aromatic carboxylic acids is 1. The Kier molecular flexibility index (Phi) is 4.32. The summed E-state index contributed by atoms with van der Waals surface area (Å²) in [4.78, 5) is 25.1. The number of carbonyl (C=O) groups is 2. The molecule has 1 amide bonds. The van der Waals surface area contributed by atoms with Gasteiger partial charge in [0.05, 0.1) is 11.3 Å². The number of hydrogen-bond acceptors (Lipinski definition) is 3. The number of nitrogens with zero attached hydrogens (tertiary/aromatic N) is 1. The molecule has 0 spiro atoms. The summed E-state index contributed by atoms with van der Waals surface area (Å²) in [5, 5.41) is 8.84. The molecule has 24 heavy (non-hydrogen) atoms. The third-order valence-electron chi connectivity index (χ3n) is 4.04. The van der Waals surface area contributed by atoms with Gasteiger partial charge in [0, 0.05) is 5.69 Å². The highest BCUT2D eigenvalue weighted by Gasteiger charge is 2.35. The van der Waals surface area contributed by atoms with E-state index < -0.39 is 5.97 Å². The number of anilines is 1. The standard InChI is InChI=1S/C18H16FNO3S/c1-10-7-12(3-5-14(10)19)17-20(16(21)9-24-17)15-6-4-13(18(22)23)8-11(15)2/h3-8,17H,9H2,1-2H3,(H,22,23). The summed E-state index contributed by atoms with van der Waals surface area (Å²) in [6.07, 6.45) is 0. The van der Waals surface area contributed by atoms with Crippen LogP contribution in [0.25, 0.3) is 0 Å². The van der Waals surface area contributed by atoms with Gasteiger partial charge in [0.15, 0.2) is 0 Å². The molecule has 0 aliphatic carbocycles. The van der Waals surface area contributed by atoms with Crippen molar-refractivity contribution in [2.24, 2.45) is 0 Å². The zero-order valence-corrected chi connectivity index (χ0v) is 14.1. The molecule has 1 fully saturated rings. The van der Waals surface area contributed by atoms with Crippen LogP contribution in [-0.4, -0.2) is 22.7 Å². The van der Waals surface area contributed by atoms with Crippen LogP contribution in [0, 0.1) is 19.7 Å². The van der Waals surface area contributed by atoms with E-state index >= 15 is 0 Å². The Bertz CT molecular complexity index is 837. The highest BCUT2D eigenvalue weighted by molar-refractivity contribution is 8.00. The number of carbonyl (C=O) groups excluding carboxylic acids is 1. The second kappa shape index (κ2) is 6.28. The summed E-state index contributed by atoms with van der Waals surface area (Å²) in [5.41, 5.74) is 2.97. The number of amides is 1. The predicted molar refractivity (Wildman–Crippen MR) is 92.0 cm³/mol. The molecule has 2 aromatic rings. The molecular formula is C18H16FNO3S. The Morgan fingerprint density at radius 2 is 1.96 bits per heavy atom. The smallest absolute Gasteiger partial charge is 0.335 e. The zero-order valence-electron chi connectivity index (χ0n) is 13.2. The van der Waals surface area contributed by atoms with Gasteiger partial charge in [-0.05, 0) is 54.8 Å². The average molecular weight is 345 g/mol. The second-order valence-corrected chi connectivity index (χ2v) is 6.81. The van der Waals surface area contributed by atoms with Crippen LogP contribution >= 0.6 is 11.8 Å². The third kappa shape index (κ3) is 2.89. The molecule has 1 aliphatic rings. The van der Waals surface area contributed by atoms with E-state index in [0.29, 0.717) is 17.0 Å². The average Bonchev–Trinajstić information content (AvgIpc) is 2.91. The molecule has 0 aromatic heterocycles. The van der Waals surface area contributed by atoms with E-state index in [1.807, 2.05) is 0 Å². The Morgan fingerprint density at radius 3 is 2.58 bits per heavy atom. The van der Waals surface area contributed by atoms with Crippen LogP contribution in [0.3, 0.4) is 0 Å². The van der Waals surface area contributed by atoms with Gasteiger partial charge < -0.3 is 5.11 Å². The Hall–Kier alpha value is -2.34. The lowest BCUT2D eigenvalue weighted by atomic mass is 10.1. The van der Waals surface area contributed by atoms with E-state index in [1.54, 1.807) is 43.0 Å². The maximum Gasteiger partial charge on any atom is 0.335 e. The van der Waals surface area contributed by atoms with Gasteiger partial charge in [0.2, 0.25) is 5.91 Å². The monoisotopic (exact) mass is 345 g/mol. The van der Waals surface area contributed by atoms with Crippen LogP contribution in [-0.2, 0) is 4.79 Å². The maximum atomic E-state index is 13.5. The van der Waals surface area contributed by atoms with Crippen molar-refractivity contribution < 1.29 is 19.1 Å². The Morgan fingerprint density at radius 1 is 1.21 bits per heavy atom. The molecule has 1 aliphatic heterocycles. The number of carboxylic acid groups (broad SMARTS) is 1. The van der Waals surface area contributed by atoms with Gasteiger partial charge in [0.25, 0.3) is 0 Å². The van der Waals surface area contributed by atoms with E-state index in [1.165, 1.54) is 23.9 Å². The van der Waals surface area contributed by atoms with Gasteiger partial charge in [-0.15, -0.1) is 11.8 Å². The highest BCUT2D eigenvalue weighted by Crippen LogP contribution is 2.43. The minimum atomic E-state index is -1.00. The van der Waals surface area contributed by atoms with Crippen LogP contribution in [0.4, 0.5) is 10.1 Å². The molecule has 0 bridgehead atoms. The van der Waals surface area contributed by atoms with Crippen LogP contribution in [0.5, 0.6) is 0 Å². The first-order chi connectivity index (χ1) is 11.4. The largest absolute Gasteiger partial charge is 0.478 e. The quantitative estimate of drug-likeness (QED) is 0.916. The number of benzene rings is 2. The summed E-state index contributed by atoms with van der Waals surface area (Å²) in [6.45, 7) is 3.47. The zero-order chi connectivity index (χ0) is 17.4. The van der Waals surface area contributed by atoms with Crippen molar-refractivity contribution in [2.45, 2.75) is 19.2 Å². The van der Waals surface area contributed by atoms with Crippen molar-refractivity contribution in [1.29, 1.82) is 0 Å². The summed E-state index contributed by atoms with van der Waals surface area (Å²) < 4.78 is 13.5. The lowest BCUT2D eigenvalue weighted by Gasteiger charge is -2.26. The molecule has 6 heteroatoms. The van der Waals surface area contributed by atoms with Crippen molar-refractivity contribution in [1.82, 2.24) is 0 Å². The number of halogens is 1. The highest BCUT2D eigenvalue weighted by atomic mass is 32.2. The molecule has 4 nitrogen and oxygen atoms in total. The van der Waals surface area contributed by atoms with Crippen LogP contribution in [0.2, 0.25) is 0 Å².